The van der Waals surface area contributed by atoms with Gasteiger partial charge in [-0.3, -0.25) is 14.4 Å². The molecule has 8 nitrogen and oxygen atoms in total. The Hall–Kier alpha value is -2.45. The van der Waals surface area contributed by atoms with Crippen LogP contribution in [0.1, 0.15) is 46.0 Å². The lowest BCUT2D eigenvalue weighted by Crippen LogP contribution is -2.41. The third kappa shape index (κ3) is 4.24. The first kappa shape index (κ1) is 25.8. The quantitative estimate of drug-likeness (QED) is 0.378. The second kappa shape index (κ2) is 9.94. The molecule has 3 aliphatic heterocycles. The molecule has 206 valence electrons. The van der Waals surface area contributed by atoms with E-state index in [1.54, 1.807) is 19.3 Å². The highest BCUT2D eigenvalue weighted by atomic mass is 16.6. The van der Waals surface area contributed by atoms with Crippen molar-refractivity contribution < 1.29 is 29.0 Å². The predicted molar refractivity (Wildman–Crippen MR) is 140 cm³/mol. The molecule has 3 N–H and O–H groups in total. The zero-order chi connectivity index (χ0) is 26.7. The van der Waals surface area contributed by atoms with Crippen LogP contribution in [0.4, 0.5) is 0 Å². The molecule has 5 fully saturated rings. The number of hydrogen-bond acceptors (Lipinski definition) is 6. The zero-order valence-electron chi connectivity index (χ0n) is 22.5. The number of methoxy groups -OCH3 is 1. The maximum absolute atomic E-state index is 12.9. The van der Waals surface area contributed by atoms with Crippen molar-refractivity contribution in [3.63, 3.8) is 0 Å². The molecule has 6 aliphatic rings. The molecule has 0 radical (unpaired) electrons. The second-order valence-electron chi connectivity index (χ2n) is 12.4. The van der Waals surface area contributed by atoms with E-state index < -0.39 is 11.9 Å². The van der Waals surface area contributed by atoms with Crippen molar-refractivity contribution in [1.82, 2.24) is 10.6 Å². The molecule has 0 aromatic rings. The number of carbonyl (C=O) groups excluding carboxylic acids is 3. The summed E-state index contributed by atoms with van der Waals surface area (Å²) in [5.41, 5.74) is -0.152. The van der Waals surface area contributed by atoms with Gasteiger partial charge in [0.25, 0.3) is 5.91 Å². The Labute approximate surface area is 224 Å². The Kier molecular flexibility index (Phi) is 6.75. The van der Waals surface area contributed by atoms with Gasteiger partial charge in [0.15, 0.2) is 5.78 Å². The van der Waals surface area contributed by atoms with Gasteiger partial charge < -0.3 is 25.2 Å². The lowest BCUT2D eigenvalue weighted by Gasteiger charge is -2.38. The second-order valence-corrected chi connectivity index (χ2v) is 12.4. The average molecular weight is 525 g/mol. The van der Waals surface area contributed by atoms with Crippen molar-refractivity contribution in [3.05, 3.63) is 35.6 Å². The minimum Gasteiger partial charge on any atom is -0.507 e. The Balaban J connectivity index is 1.32. The Morgan fingerprint density at radius 2 is 1.84 bits per heavy atom. The topological polar surface area (TPSA) is 117 Å². The number of aliphatic hydroxyl groups excluding tert-OH is 1. The number of hydrogen-bond donors (Lipinski definition) is 3. The number of aliphatic hydroxyl groups is 1. The van der Waals surface area contributed by atoms with E-state index in [4.69, 9.17) is 9.47 Å². The minimum absolute atomic E-state index is 0.135. The van der Waals surface area contributed by atoms with Crippen LogP contribution in [0.15, 0.2) is 35.6 Å². The van der Waals surface area contributed by atoms with Gasteiger partial charge in [-0.25, -0.2) is 0 Å². The molecule has 2 bridgehead atoms. The highest BCUT2D eigenvalue weighted by Gasteiger charge is 2.68. The van der Waals surface area contributed by atoms with Gasteiger partial charge >= 0.3 is 0 Å². The SMILES string of the molecule is CO[C@H](C)[C@H]1[C@H]2[C@H](C[C@H]1C)[C@H]1C[C@H]3/C=C/C(O)=C4/C(=O)N[C@@H](CCCNC(=O)/C=C\C[C@@H]3[C@H]1[C@@H]1O[C@@H]12)C4=O. The third-order valence-electron chi connectivity index (χ3n) is 10.6. The first-order valence-electron chi connectivity index (χ1n) is 14.4. The fourth-order valence-corrected chi connectivity index (χ4v) is 9.00. The highest BCUT2D eigenvalue weighted by molar-refractivity contribution is 6.27. The van der Waals surface area contributed by atoms with E-state index in [0.717, 1.165) is 12.8 Å². The van der Waals surface area contributed by atoms with Gasteiger partial charge in [-0.15, -0.1) is 0 Å². The van der Waals surface area contributed by atoms with Gasteiger partial charge in [0.05, 0.1) is 24.4 Å². The first-order valence-corrected chi connectivity index (χ1v) is 14.4. The predicted octanol–water partition coefficient (Wildman–Crippen LogP) is 2.85. The summed E-state index contributed by atoms with van der Waals surface area (Å²) in [4.78, 5) is 37.8. The van der Waals surface area contributed by atoms with Gasteiger partial charge in [0.2, 0.25) is 5.91 Å². The Morgan fingerprint density at radius 1 is 1.08 bits per heavy atom. The zero-order valence-corrected chi connectivity index (χ0v) is 22.5. The van der Waals surface area contributed by atoms with Crippen LogP contribution in [0.25, 0.3) is 0 Å². The van der Waals surface area contributed by atoms with Gasteiger partial charge in [-0.1, -0.05) is 19.1 Å². The number of nitrogens with one attached hydrogen (secondary N) is 2. The molecule has 0 spiro atoms. The van der Waals surface area contributed by atoms with Crippen LogP contribution in [-0.2, 0) is 23.9 Å². The number of carbonyl (C=O) groups is 3. The van der Waals surface area contributed by atoms with Crippen LogP contribution in [0.2, 0.25) is 0 Å². The summed E-state index contributed by atoms with van der Waals surface area (Å²) in [7, 11) is 1.80. The smallest absolute Gasteiger partial charge is 0.259 e. The van der Waals surface area contributed by atoms with E-state index in [9.17, 15) is 19.5 Å². The molecular weight excluding hydrogens is 484 g/mol. The molecule has 38 heavy (non-hydrogen) atoms. The van der Waals surface area contributed by atoms with Gasteiger partial charge in [0.1, 0.15) is 11.3 Å². The molecule has 8 heteroatoms. The molecule has 0 aromatic heterocycles. The maximum Gasteiger partial charge on any atom is 0.259 e. The standard InChI is InChI=1S/C30H40N2O6/c1-14-12-18-19-13-16-9-10-21(33)26-27(35)20(32-30(26)36)7-5-11-31-22(34)8-4-6-17(16)24(19)28-29(38-28)25(18)23(14)15(2)37-3/h4,8-10,14-20,23-25,28-29,33H,5-7,11-13H2,1-3H3,(H,31,34)(H,32,36)/b8-4-,10-9+,26-21-/t14-,15-,16-,17+,18-,19-,20+,23+,24-,25-,28+,29-/m1/s1. The highest BCUT2D eigenvalue weighted by Crippen LogP contribution is 2.66. The van der Waals surface area contributed by atoms with Crippen molar-refractivity contribution in [1.29, 1.82) is 0 Å². The van der Waals surface area contributed by atoms with E-state index in [-0.39, 0.29) is 53.2 Å². The van der Waals surface area contributed by atoms with E-state index >= 15 is 0 Å². The monoisotopic (exact) mass is 524 g/mol. The summed E-state index contributed by atoms with van der Waals surface area (Å²) in [6, 6.07) is -0.664. The lowest BCUT2D eigenvalue weighted by molar-refractivity contribution is -0.118. The van der Waals surface area contributed by atoms with E-state index in [1.807, 2.05) is 12.2 Å². The van der Waals surface area contributed by atoms with Crippen LogP contribution >= 0.6 is 0 Å². The number of epoxide rings is 1. The van der Waals surface area contributed by atoms with Crippen LogP contribution in [0, 0.1) is 47.3 Å². The number of allylic oxidation sites excluding steroid dienone is 3. The van der Waals surface area contributed by atoms with Crippen molar-refractivity contribution in [2.45, 2.75) is 70.3 Å². The molecule has 3 aliphatic carbocycles. The molecule has 0 unspecified atom stereocenters. The fourth-order valence-electron chi connectivity index (χ4n) is 9.00. The molecular formula is C30H40N2O6. The summed E-state index contributed by atoms with van der Waals surface area (Å²) >= 11 is 0. The minimum atomic E-state index is -0.664. The summed E-state index contributed by atoms with van der Waals surface area (Å²) in [6.45, 7) is 4.96. The number of ether oxygens (including phenoxy) is 2. The van der Waals surface area contributed by atoms with Crippen molar-refractivity contribution >= 4 is 17.6 Å². The Bertz CT molecular complexity index is 1100. The molecule has 0 aromatic carbocycles. The first-order chi connectivity index (χ1) is 18.3. The maximum atomic E-state index is 12.9. The van der Waals surface area contributed by atoms with Crippen LogP contribution < -0.4 is 10.6 Å². The number of ketones is 1. The Morgan fingerprint density at radius 3 is 2.63 bits per heavy atom. The summed E-state index contributed by atoms with van der Waals surface area (Å²) in [6.07, 6.45) is 11.7. The lowest BCUT2D eigenvalue weighted by atomic mass is 9.65. The van der Waals surface area contributed by atoms with E-state index in [2.05, 4.69) is 24.5 Å². The molecule has 12 atom stereocenters. The van der Waals surface area contributed by atoms with Crippen molar-refractivity contribution in [2.75, 3.05) is 13.7 Å². The van der Waals surface area contributed by atoms with Crippen LogP contribution in [0.3, 0.4) is 0 Å². The molecule has 3 heterocycles. The average Bonchev–Trinajstić information content (AvgIpc) is 3.35. The van der Waals surface area contributed by atoms with Gasteiger partial charge in [-0.2, -0.15) is 0 Å². The molecule has 2 amide bonds. The van der Waals surface area contributed by atoms with Crippen LogP contribution in [0.5, 0.6) is 0 Å². The fraction of sp³-hybridized carbons (Fsp3) is 0.700. The number of fused-ring (bicyclic) bond motifs is 10. The largest absolute Gasteiger partial charge is 0.507 e. The van der Waals surface area contributed by atoms with Gasteiger partial charge in [-0.05, 0) is 98.5 Å². The number of amides is 2. The van der Waals surface area contributed by atoms with E-state index in [1.165, 1.54) is 6.42 Å². The van der Waals surface area contributed by atoms with E-state index in [0.29, 0.717) is 54.9 Å². The molecule has 2 saturated heterocycles. The van der Waals surface area contributed by atoms with Crippen molar-refractivity contribution in [2.24, 2.45) is 47.3 Å². The van der Waals surface area contributed by atoms with Gasteiger partial charge in [0, 0.05) is 13.7 Å². The normalized spacial score (nSPS) is 48.7. The third-order valence-corrected chi connectivity index (χ3v) is 10.6. The summed E-state index contributed by atoms with van der Waals surface area (Å²) in [5.74, 6) is 2.16. The van der Waals surface area contributed by atoms with Crippen molar-refractivity contribution in [3.8, 4) is 0 Å². The summed E-state index contributed by atoms with van der Waals surface area (Å²) < 4.78 is 12.2. The summed E-state index contributed by atoms with van der Waals surface area (Å²) in [5, 5.41) is 16.4. The number of rotatable bonds is 2. The molecule has 3 saturated carbocycles. The number of Topliss-reactive ketones (excluding diaryl/α,β-unsaturated/α-hetero) is 1. The van der Waals surface area contributed by atoms with Crippen LogP contribution in [-0.4, -0.2) is 60.7 Å². The molecule has 6 rings (SSSR count).